The third kappa shape index (κ3) is 8.26. The lowest BCUT2D eigenvalue weighted by molar-refractivity contribution is -0.123. The van der Waals surface area contributed by atoms with E-state index in [9.17, 15) is 9.59 Å². The number of rotatable bonds is 10. The van der Waals surface area contributed by atoms with E-state index in [-0.39, 0.29) is 18.4 Å². The standard InChI is InChI=1S/C27H26Cl3N3O3/c1-17(2)13-24(32-26(34)18-7-9-21(28)10-8-18)27(35)33-31-15-20-14-22(29)11-12-25(20)36-16-19-5-3-4-6-23(19)30/h3-12,14-15,17,24H,13,16H2,1-2H3,(H,32,34)(H,33,35). The van der Waals surface area contributed by atoms with Crippen LogP contribution in [0.25, 0.3) is 0 Å². The average Bonchev–Trinajstić information content (AvgIpc) is 2.84. The molecule has 3 rings (SSSR count). The van der Waals surface area contributed by atoms with Crippen LogP contribution in [0.4, 0.5) is 0 Å². The molecule has 0 aliphatic carbocycles. The number of nitrogens with one attached hydrogen (secondary N) is 2. The number of benzene rings is 3. The molecule has 1 atom stereocenters. The number of carbonyl (C=O) groups is 2. The van der Waals surface area contributed by atoms with E-state index in [0.717, 1.165) is 5.56 Å². The summed E-state index contributed by atoms with van der Waals surface area (Å²) in [5, 5.41) is 8.46. The second kappa shape index (κ2) is 13.3. The smallest absolute Gasteiger partial charge is 0.262 e. The molecule has 0 aliphatic heterocycles. The number of amides is 2. The minimum atomic E-state index is -0.777. The lowest BCUT2D eigenvalue weighted by Gasteiger charge is -2.19. The van der Waals surface area contributed by atoms with E-state index >= 15 is 0 Å². The Morgan fingerprint density at radius 1 is 0.972 bits per heavy atom. The Balaban J connectivity index is 1.68. The second-order valence-corrected chi connectivity index (χ2v) is 9.74. The van der Waals surface area contributed by atoms with Gasteiger partial charge < -0.3 is 10.1 Å². The van der Waals surface area contributed by atoms with E-state index in [1.165, 1.54) is 6.21 Å². The quantitative estimate of drug-likeness (QED) is 0.224. The van der Waals surface area contributed by atoms with Crippen molar-refractivity contribution in [2.75, 3.05) is 0 Å². The van der Waals surface area contributed by atoms with Gasteiger partial charge in [-0.05, 0) is 60.9 Å². The van der Waals surface area contributed by atoms with Crippen LogP contribution in [0.2, 0.25) is 15.1 Å². The lowest BCUT2D eigenvalue weighted by atomic mass is 10.0. The molecule has 3 aromatic carbocycles. The third-order valence-corrected chi connectivity index (χ3v) is 5.98. The van der Waals surface area contributed by atoms with E-state index in [1.54, 1.807) is 48.5 Å². The van der Waals surface area contributed by atoms with Crippen LogP contribution in [0.15, 0.2) is 71.8 Å². The van der Waals surface area contributed by atoms with Crippen molar-refractivity contribution in [3.05, 3.63) is 98.5 Å². The van der Waals surface area contributed by atoms with Crippen LogP contribution >= 0.6 is 34.8 Å². The molecule has 3 aromatic rings. The van der Waals surface area contributed by atoms with Crippen molar-refractivity contribution in [3.8, 4) is 5.75 Å². The van der Waals surface area contributed by atoms with Gasteiger partial charge in [-0.1, -0.05) is 66.8 Å². The molecule has 0 saturated heterocycles. The Bertz CT molecular complexity index is 1230. The number of halogens is 3. The zero-order valence-electron chi connectivity index (χ0n) is 19.8. The predicted octanol–water partition coefficient (Wildman–Crippen LogP) is 6.52. The highest BCUT2D eigenvalue weighted by Crippen LogP contribution is 2.24. The van der Waals surface area contributed by atoms with Gasteiger partial charge in [0.25, 0.3) is 11.8 Å². The van der Waals surface area contributed by atoms with Gasteiger partial charge in [0.1, 0.15) is 18.4 Å². The third-order valence-electron chi connectivity index (χ3n) is 5.13. The van der Waals surface area contributed by atoms with Crippen molar-refractivity contribution >= 4 is 52.8 Å². The fourth-order valence-corrected chi connectivity index (χ4v) is 3.81. The zero-order valence-corrected chi connectivity index (χ0v) is 22.1. The molecule has 1 unspecified atom stereocenters. The van der Waals surface area contributed by atoms with Crippen LogP contribution in [0.3, 0.4) is 0 Å². The van der Waals surface area contributed by atoms with Crippen LogP contribution in [-0.4, -0.2) is 24.1 Å². The normalized spacial score (nSPS) is 11.9. The van der Waals surface area contributed by atoms with Gasteiger partial charge in [-0.3, -0.25) is 9.59 Å². The molecule has 188 valence electrons. The van der Waals surface area contributed by atoms with E-state index in [0.29, 0.717) is 38.4 Å². The molecule has 0 heterocycles. The maximum absolute atomic E-state index is 12.9. The first-order valence-electron chi connectivity index (χ1n) is 11.3. The monoisotopic (exact) mass is 545 g/mol. The van der Waals surface area contributed by atoms with Crippen LogP contribution in [0.5, 0.6) is 5.75 Å². The van der Waals surface area contributed by atoms with Crippen molar-refractivity contribution in [3.63, 3.8) is 0 Å². The Kier molecular flexibility index (Phi) is 10.2. The highest BCUT2D eigenvalue weighted by atomic mass is 35.5. The van der Waals surface area contributed by atoms with E-state index in [2.05, 4.69) is 15.8 Å². The van der Waals surface area contributed by atoms with Gasteiger partial charge in [0.15, 0.2) is 0 Å². The Hall–Kier alpha value is -3.06. The number of ether oxygens (including phenoxy) is 1. The highest BCUT2D eigenvalue weighted by Gasteiger charge is 2.22. The molecule has 6 nitrogen and oxygen atoms in total. The van der Waals surface area contributed by atoms with Crippen molar-refractivity contribution < 1.29 is 14.3 Å². The van der Waals surface area contributed by atoms with Crippen LogP contribution in [0.1, 0.15) is 41.8 Å². The summed E-state index contributed by atoms with van der Waals surface area (Å²) in [6.45, 7) is 4.18. The molecular weight excluding hydrogens is 521 g/mol. The Morgan fingerprint density at radius 3 is 2.36 bits per heavy atom. The predicted molar refractivity (Wildman–Crippen MR) is 145 cm³/mol. The fourth-order valence-electron chi connectivity index (χ4n) is 3.31. The first-order valence-corrected chi connectivity index (χ1v) is 12.4. The molecule has 2 N–H and O–H groups in total. The summed E-state index contributed by atoms with van der Waals surface area (Å²) in [7, 11) is 0. The number of hydrogen-bond acceptors (Lipinski definition) is 4. The maximum atomic E-state index is 12.9. The summed E-state index contributed by atoms with van der Waals surface area (Å²) < 4.78 is 5.91. The molecular formula is C27H26Cl3N3O3. The maximum Gasteiger partial charge on any atom is 0.262 e. The van der Waals surface area contributed by atoms with Crippen LogP contribution in [-0.2, 0) is 11.4 Å². The SMILES string of the molecule is CC(C)CC(NC(=O)c1ccc(Cl)cc1)C(=O)NN=Cc1cc(Cl)ccc1OCc1ccccc1Cl. The summed E-state index contributed by atoms with van der Waals surface area (Å²) in [4.78, 5) is 25.5. The van der Waals surface area contributed by atoms with Gasteiger partial charge in [-0.25, -0.2) is 5.43 Å². The summed E-state index contributed by atoms with van der Waals surface area (Å²) in [5.74, 6) is -0.135. The van der Waals surface area contributed by atoms with Crippen LogP contribution < -0.4 is 15.5 Å². The minimum Gasteiger partial charge on any atom is -0.488 e. The van der Waals surface area contributed by atoms with Gasteiger partial charge in [-0.2, -0.15) is 5.10 Å². The van der Waals surface area contributed by atoms with Gasteiger partial charge in [-0.15, -0.1) is 0 Å². The Labute approximate surface area is 225 Å². The number of hydrogen-bond donors (Lipinski definition) is 2. The molecule has 0 fully saturated rings. The number of hydrazone groups is 1. The molecule has 0 saturated carbocycles. The number of carbonyl (C=O) groups excluding carboxylic acids is 2. The van der Waals surface area contributed by atoms with Gasteiger partial charge >= 0.3 is 0 Å². The number of nitrogens with zero attached hydrogens (tertiary/aromatic N) is 1. The van der Waals surface area contributed by atoms with Gasteiger partial charge in [0.2, 0.25) is 0 Å². The Morgan fingerprint density at radius 2 is 1.67 bits per heavy atom. The van der Waals surface area contributed by atoms with Gasteiger partial charge in [0.05, 0.1) is 6.21 Å². The molecule has 0 aliphatic rings. The summed E-state index contributed by atoms with van der Waals surface area (Å²) in [6.07, 6.45) is 1.88. The van der Waals surface area contributed by atoms with Crippen molar-refractivity contribution in [2.45, 2.75) is 32.9 Å². The van der Waals surface area contributed by atoms with Crippen LogP contribution in [0, 0.1) is 5.92 Å². The minimum absolute atomic E-state index is 0.160. The molecule has 36 heavy (non-hydrogen) atoms. The molecule has 0 aromatic heterocycles. The highest BCUT2D eigenvalue weighted by molar-refractivity contribution is 6.31. The zero-order chi connectivity index (χ0) is 26.1. The fraction of sp³-hybridized carbons (Fsp3) is 0.222. The first kappa shape index (κ1) is 27.5. The van der Waals surface area contributed by atoms with Crippen molar-refractivity contribution in [1.82, 2.24) is 10.7 Å². The molecule has 2 amide bonds. The molecule has 0 spiro atoms. The van der Waals surface area contributed by atoms with E-state index < -0.39 is 11.9 Å². The van der Waals surface area contributed by atoms with E-state index in [4.69, 9.17) is 39.5 Å². The van der Waals surface area contributed by atoms with E-state index in [1.807, 2.05) is 32.0 Å². The summed E-state index contributed by atoms with van der Waals surface area (Å²) >= 11 is 18.3. The summed E-state index contributed by atoms with van der Waals surface area (Å²) in [6, 6.07) is 18.1. The average molecular weight is 547 g/mol. The molecule has 0 radical (unpaired) electrons. The largest absolute Gasteiger partial charge is 0.488 e. The van der Waals surface area contributed by atoms with Crippen molar-refractivity contribution in [2.24, 2.45) is 11.0 Å². The summed E-state index contributed by atoms with van der Waals surface area (Å²) in [5.41, 5.74) is 4.31. The molecule has 0 bridgehead atoms. The topological polar surface area (TPSA) is 79.8 Å². The first-order chi connectivity index (χ1) is 17.2. The second-order valence-electron chi connectivity index (χ2n) is 8.46. The van der Waals surface area contributed by atoms with Gasteiger partial charge in [0, 0.05) is 31.8 Å². The molecule has 9 heteroatoms. The van der Waals surface area contributed by atoms with Crippen molar-refractivity contribution in [1.29, 1.82) is 0 Å². The lowest BCUT2D eigenvalue weighted by Crippen LogP contribution is -2.46.